The lowest BCUT2D eigenvalue weighted by molar-refractivity contribution is 0.659. The van der Waals surface area contributed by atoms with Crippen molar-refractivity contribution in [3.05, 3.63) is 277 Å². The van der Waals surface area contributed by atoms with E-state index in [1.165, 1.54) is 72.3 Å². The van der Waals surface area contributed by atoms with E-state index in [4.69, 9.17) is 0 Å². The first-order valence-corrected chi connectivity index (χ1v) is 23.0. The van der Waals surface area contributed by atoms with Gasteiger partial charge in [0.1, 0.15) is 0 Å². The second-order valence-corrected chi connectivity index (χ2v) is 18.1. The molecule has 66 heavy (non-hydrogen) atoms. The average molecular weight is 845 g/mol. The van der Waals surface area contributed by atoms with Gasteiger partial charge < -0.3 is 9.80 Å². The number of fused-ring (bicyclic) bond motifs is 6. The van der Waals surface area contributed by atoms with Crippen molar-refractivity contribution < 1.29 is 0 Å². The molecule has 0 aliphatic heterocycles. The van der Waals surface area contributed by atoms with Crippen LogP contribution in [0.1, 0.15) is 47.6 Å². The van der Waals surface area contributed by atoms with Crippen molar-refractivity contribution in [2.24, 2.45) is 0 Å². The first-order valence-electron chi connectivity index (χ1n) is 23.0. The van der Waals surface area contributed by atoms with Crippen molar-refractivity contribution in [3.8, 4) is 44.5 Å². The zero-order valence-electron chi connectivity index (χ0n) is 37.1. The number of hydrogen-bond donors (Lipinski definition) is 0. The summed E-state index contributed by atoms with van der Waals surface area (Å²) < 4.78 is 0. The van der Waals surface area contributed by atoms with Gasteiger partial charge in [-0.05, 0) is 157 Å². The molecular weight excluding hydrogens is 797 g/mol. The summed E-state index contributed by atoms with van der Waals surface area (Å²) in [6.45, 7) is 4.76. The number of nitrogens with zero attached hydrogens (tertiary/aromatic N) is 2. The largest absolute Gasteiger partial charge is 0.311 e. The lowest BCUT2D eigenvalue weighted by atomic mass is 9.80. The molecule has 0 saturated carbocycles. The van der Waals surface area contributed by atoms with Gasteiger partial charge >= 0.3 is 0 Å². The van der Waals surface area contributed by atoms with Crippen molar-refractivity contribution in [1.29, 1.82) is 0 Å². The van der Waals surface area contributed by atoms with Gasteiger partial charge in [0.15, 0.2) is 0 Å². The van der Waals surface area contributed by atoms with Gasteiger partial charge in [0.05, 0.1) is 0 Å². The van der Waals surface area contributed by atoms with E-state index >= 15 is 0 Å². The SMILES string of the molecule is CC1(C)c2ccccc2-c2ccc(C3c4ccc(-c5ccc(N(c6ccccc6)c6ccccc6)cc5)cc4-c4cc(-c5ccc(N(c6ccccc6)c6ccccc6)cc5)ccc43)cc21. The first kappa shape index (κ1) is 39.4. The van der Waals surface area contributed by atoms with Gasteiger partial charge in [0.2, 0.25) is 0 Å². The Morgan fingerprint density at radius 3 is 1.09 bits per heavy atom. The maximum absolute atomic E-state index is 2.51. The smallest absolute Gasteiger partial charge is 0.0462 e. The lowest BCUT2D eigenvalue weighted by Gasteiger charge is -2.25. The minimum absolute atomic E-state index is 0.0779. The average Bonchev–Trinajstić information content (AvgIpc) is 3.82. The van der Waals surface area contributed by atoms with E-state index in [0.717, 1.165) is 34.1 Å². The molecule has 0 bridgehead atoms. The molecule has 0 aromatic heterocycles. The highest BCUT2D eigenvalue weighted by Gasteiger charge is 2.37. The Bertz CT molecular complexity index is 3100. The minimum Gasteiger partial charge on any atom is -0.311 e. The van der Waals surface area contributed by atoms with Crippen LogP contribution in [0.3, 0.4) is 0 Å². The summed E-state index contributed by atoms with van der Waals surface area (Å²) in [5, 5.41) is 0. The van der Waals surface area contributed by atoms with Crippen LogP contribution in [0.2, 0.25) is 0 Å². The van der Waals surface area contributed by atoms with Crippen LogP contribution in [0.5, 0.6) is 0 Å². The van der Waals surface area contributed by atoms with Gasteiger partial charge in [-0.2, -0.15) is 0 Å². The first-order chi connectivity index (χ1) is 32.5. The van der Waals surface area contributed by atoms with Crippen molar-refractivity contribution in [2.45, 2.75) is 25.2 Å². The zero-order chi connectivity index (χ0) is 44.2. The molecule has 0 fully saturated rings. The molecule has 0 heterocycles. The highest BCUT2D eigenvalue weighted by atomic mass is 15.1. The summed E-state index contributed by atoms with van der Waals surface area (Å²) in [5.74, 6) is 0.114. The third kappa shape index (κ3) is 6.73. The third-order valence-corrected chi connectivity index (χ3v) is 13.9. The van der Waals surface area contributed by atoms with Crippen molar-refractivity contribution in [3.63, 3.8) is 0 Å². The van der Waals surface area contributed by atoms with Gasteiger partial charge in [0, 0.05) is 45.5 Å². The minimum atomic E-state index is -0.0779. The fraction of sp³-hybridized carbons (Fsp3) is 0.0625. The zero-order valence-corrected chi connectivity index (χ0v) is 37.1. The molecule has 12 rings (SSSR count). The lowest BCUT2D eigenvalue weighted by Crippen LogP contribution is -2.15. The second kappa shape index (κ2) is 16.1. The molecule has 2 heteroatoms. The summed E-state index contributed by atoms with van der Waals surface area (Å²) in [4.78, 5) is 4.64. The summed E-state index contributed by atoms with van der Waals surface area (Å²) in [6.07, 6.45) is 0. The molecule has 0 N–H and O–H groups in total. The van der Waals surface area contributed by atoms with Gasteiger partial charge in [-0.15, -0.1) is 0 Å². The standard InChI is InChI=1S/C64H48N2/c1-64(2)61-26-16-15-25-55(61)56-38-33-48(43-62(56)64)63-57-39-31-46(44-27-34-53(35-28-44)65(49-17-7-3-8-18-49)50-19-9-4-10-20-50)41-59(57)60-42-47(32-40-58(60)63)45-29-36-54(37-30-45)66(51-21-11-5-12-22-51)52-23-13-6-14-24-52/h3-43,63H,1-2H3. The Balaban J connectivity index is 0.948. The van der Waals surface area contributed by atoms with Crippen LogP contribution in [0, 0.1) is 0 Å². The predicted molar refractivity (Wildman–Crippen MR) is 277 cm³/mol. The second-order valence-electron chi connectivity index (χ2n) is 18.1. The molecule has 2 aliphatic carbocycles. The molecule has 2 aliphatic rings. The Kier molecular flexibility index (Phi) is 9.61. The van der Waals surface area contributed by atoms with E-state index in [0.29, 0.717) is 0 Å². The van der Waals surface area contributed by atoms with E-state index < -0.39 is 0 Å². The molecule has 0 amide bonds. The topological polar surface area (TPSA) is 6.48 Å². The monoisotopic (exact) mass is 844 g/mol. The fourth-order valence-corrected chi connectivity index (χ4v) is 10.7. The van der Waals surface area contributed by atoms with Gasteiger partial charge in [-0.3, -0.25) is 0 Å². The molecular formula is C64H48N2. The third-order valence-electron chi connectivity index (χ3n) is 13.9. The van der Waals surface area contributed by atoms with Crippen molar-refractivity contribution >= 4 is 34.1 Å². The summed E-state index contributed by atoms with van der Waals surface area (Å²) in [5.41, 5.74) is 23.7. The van der Waals surface area contributed by atoms with E-state index in [1.54, 1.807) is 0 Å². The van der Waals surface area contributed by atoms with Crippen LogP contribution >= 0.6 is 0 Å². The summed E-state index contributed by atoms with van der Waals surface area (Å²) >= 11 is 0. The quantitative estimate of drug-likeness (QED) is 0.143. The van der Waals surface area contributed by atoms with E-state index in [2.05, 4.69) is 272 Å². The van der Waals surface area contributed by atoms with Crippen molar-refractivity contribution in [1.82, 2.24) is 0 Å². The predicted octanol–water partition coefficient (Wildman–Crippen LogP) is 17.4. The molecule has 314 valence electrons. The normalized spacial score (nSPS) is 13.1. The number of benzene rings is 10. The van der Waals surface area contributed by atoms with Crippen molar-refractivity contribution in [2.75, 3.05) is 9.80 Å². The maximum atomic E-state index is 2.51. The summed E-state index contributed by atoms with van der Waals surface area (Å²) in [6, 6.07) is 91.1. The molecule has 0 spiro atoms. The van der Waals surface area contributed by atoms with E-state index in [1.807, 2.05) is 0 Å². The highest BCUT2D eigenvalue weighted by Crippen LogP contribution is 2.54. The number of para-hydroxylation sites is 4. The molecule has 2 nitrogen and oxygen atoms in total. The number of anilines is 6. The number of rotatable bonds is 9. The van der Waals surface area contributed by atoms with E-state index in [-0.39, 0.29) is 11.3 Å². The molecule has 0 radical (unpaired) electrons. The van der Waals surface area contributed by atoms with Crippen LogP contribution < -0.4 is 9.80 Å². The number of hydrogen-bond acceptors (Lipinski definition) is 2. The Morgan fingerprint density at radius 2 is 0.652 bits per heavy atom. The van der Waals surface area contributed by atoms with Crippen LogP contribution in [0.25, 0.3) is 44.5 Å². The van der Waals surface area contributed by atoms with Crippen LogP contribution in [-0.4, -0.2) is 0 Å². The summed E-state index contributed by atoms with van der Waals surface area (Å²) in [7, 11) is 0. The van der Waals surface area contributed by atoms with Gasteiger partial charge in [0.25, 0.3) is 0 Å². The molecule has 0 atom stereocenters. The Labute approximate surface area is 388 Å². The Morgan fingerprint density at radius 1 is 0.288 bits per heavy atom. The molecule has 10 aromatic rings. The Hall–Kier alpha value is -8.20. The van der Waals surface area contributed by atoms with Gasteiger partial charge in [-0.25, -0.2) is 0 Å². The molecule has 0 unspecified atom stereocenters. The maximum Gasteiger partial charge on any atom is 0.0462 e. The highest BCUT2D eigenvalue weighted by molar-refractivity contribution is 5.89. The van der Waals surface area contributed by atoms with Crippen LogP contribution in [0.15, 0.2) is 249 Å². The van der Waals surface area contributed by atoms with Gasteiger partial charge in [-0.1, -0.05) is 178 Å². The molecule has 10 aromatic carbocycles. The van der Waals surface area contributed by atoms with Crippen LogP contribution in [-0.2, 0) is 5.41 Å². The van der Waals surface area contributed by atoms with Crippen LogP contribution in [0.4, 0.5) is 34.1 Å². The molecule has 0 saturated heterocycles. The van der Waals surface area contributed by atoms with E-state index in [9.17, 15) is 0 Å². The fourth-order valence-electron chi connectivity index (χ4n) is 10.7.